The van der Waals surface area contributed by atoms with E-state index in [-0.39, 0.29) is 0 Å². The van der Waals surface area contributed by atoms with Gasteiger partial charge in [0.1, 0.15) is 0 Å². The molecular formula is C64H56N4Si. The Labute approximate surface area is 404 Å². The van der Waals surface area contributed by atoms with Crippen molar-refractivity contribution >= 4 is 124 Å². The molecule has 0 fully saturated rings. The number of nitrogens with zero attached hydrogens (tertiary/aromatic N) is 4. The van der Waals surface area contributed by atoms with E-state index in [1.165, 1.54) is 115 Å². The Morgan fingerprint density at radius 2 is 0.754 bits per heavy atom. The minimum absolute atomic E-state index is 0.456. The summed E-state index contributed by atoms with van der Waals surface area (Å²) in [5.74, 6) is 0.914. The van der Waals surface area contributed by atoms with E-state index >= 15 is 0 Å². The fourth-order valence-corrected chi connectivity index (χ4v) is 12.7. The molecule has 0 aliphatic heterocycles. The van der Waals surface area contributed by atoms with Crippen molar-refractivity contribution in [3.63, 3.8) is 0 Å². The summed E-state index contributed by atoms with van der Waals surface area (Å²) in [5.41, 5.74) is 18.4. The smallest absolute Gasteiger partial charge is 0.0775 e. The van der Waals surface area contributed by atoms with E-state index in [1.54, 1.807) is 0 Å². The highest BCUT2D eigenvalue weighted by Gasteiger charge is 2.28. The second-order valence-corrected chi connectivity index (χ2v) is 26.2. The number of hydrogen-bond acceptors (Lipinski definition) is 2. The van der Waals surface area contributed by atoms with Crippen LogP contribution in [0.3, 0.4) is 0 Å². The van der Waals surface area contributed by atoms with Gasteiger partial charge in [-0.15, -0.1) is 0 Å². The van der Waals surface area contributed by atoms with Gasteiger partial charge in [0, 0.05) is 65.8 Å². The predicted octanol–water partition coefficient (Wildman–Crippen LogP) is 18.0. The van der Waals surface area contributed by atoms with Crippen molar-refractivity contribution < 1.29 is 0 Å². The molecule has 4 heterocycles. The number of anilines is 6. The van der Waals surface area contributed by atoms with Gasteiger partial charge in [0.05, 0.1) is 52.5 Å². The van der Waals surface area contributed by atoms with E-state index in [2.05, 4.69) is 255 Å². The quantitative estimate of drug-likeness (QED) is 0.134. The number of rotatable bonds is 9. The number of para-hydroxylation sites is 2. The number of aryl methyl sites for hydroxylation is 1. The molecule has 336 valence electrons. The fraction of sp³-hybridized carbons (Fsp3) is 0.156. The molecule has 0 radical (unpaired) electrons. The van der Waals surface area contributed by atoms with E-state index in [1.807, 2.05) is 0 Å². The molecule has 0 aliphatic rings. The monoisotopic (exact) mass is 908 g/mol. The highest BCUT2D eigenvalue weighted by Crippen LogP contribution is 2.51. The lowest BCUT2D eigenvalue weighted by Crippen LogP contribution is -2.37. The molecule has 13 rings (SSSR count). The Morgan fingerprint density at radius 1 is 0.377 bits per heavy atom. The molecule has 0 saturated carbocycles. The first-order valence-corrected chi connectivity index (χ1v) is 28.2. The van der Waals surface area contributed by atoms with Crippen LogP contribution >= 0.6 is 0 Å². The first-order chi connectivity index (χ1) is 33.4. The highest BCUT2D eigenvalue weighted by atomic mass is 28.3. The van der Waals surface area contributed by atoms with Crippen LogP contribution in [0.2, 0.25) is 19.6 Å². The van der Waals surface area contributed by atoms with Gasteiger partial charge in [-0.25, -0.2) is 0 Å². The van der Waals surface area contributed by atoms with Gasteiger partial charge in [-0.2, -0.15) is 0 Å². The van der Waals surface area contributed by atoms with Crippen LogP contribution in [0.4, 0.5) is 34.1 Å². The Bertz CT molecular complexity index is 4090. The van der Waals surface area contributed by atoms with Crippen molar-refractivity contribution in [2.75, 3.05) is 9.80 Å². The summed E-state index contributed by atoms with van der Waals surface area (Å²) in [6.45, 7) is 18.5. The molecule has 4 aromatic heterocycles. The van der Waals surface area contributed by atoms with Gasteiger partial charge in [0.2, 0.25) is 0 Å². The molecule has 69 heavy (non-hydrogen) atoms. The predicted molar refractivity (Wildman–Crippen MR) is 301 cm³/mol. The van der Waals surface area contributed by atoms with Crippen LogP contribution in [0.15, 0.2) is 182 Å². The Balaban J connectivity index is 1.08. The standard InChI is InChI=1S/C64H56N4Si/c1-39(2)42-19-25-45(26-20-42)65(44-23-17-41(5)18-24-44)57-35-33-49-53-37-60-54(38-59(53)67-55-15-11-9-13-51(55)61(57)63(49)67)50-34-36-58(62-52-14-10-12-16-56(52)68(60)64(50)62)66(46-27-21-43(22-28-46)40(3)4)47-29-31-48(32-30-47)69(6,7)8/h9-40H,1-8H3. The maximum absolute atomic E-state index is 2.56. The zero-order valence-corrected chi connectivity index (χ0v) is 41.8. The summed E-state index contributed by atoms with van der Waals surface area (Å²) in [4.78, 5) is 4.95. The van der Waals surface area contributed by atoms with Crippen LogP contribution in [0.25, 0.3) is 76.2 Å². The first kappa shape index (κ1) is 41.6. The molecule has 9 aromatic carbocycles. The third-order valence-corrected chi connectivity index (χ3v) is 17.2. The maximum atomic E-state index is 2.56. The Morgan fingerprint density at radius 3 is 1.14 bits per heavy atom. The lowest BCUT2D eigenvalue weighted by Gasteiger charge is -2.28. The first-order valence-electron chi connectivity index (χ1n) is 24.7. The number of hydrogen-bond donors (Lipinski definition) is 0. The van der Waals surface area contributed by atoms with Crippen molar-refractivity contribution in [2.45, 2.75) is 66.1 Å². The van der Waals surface area contributed by atoms with Gasteiger partial charge < -0.3 is 18.6 Å². The van der Waals surface area contributed by atoms with Gasteiger partial charge in [-0.05, 0) is 115 Å². The van der Waals surface area contributed by atoms with Crippen LogP contribution < -0.4 is 15.0 Å². The van der Waals surface area contributed by atoms with Gasteiger partial charge in [0.15, 0.2) is 0 Å². The fourth-order valence-electron chi connectivity index (χ4n) is 11.5. The minimum atomic E-state index is -1.51. The molecule has 13 aromatic rings. The van der Waals surface area contributed by atoms with Crippen LogP contribution in [0, 0.1) is 6.92 Å². The molecule has 0 aliphatic carbocycles. The van der Waals surface area contributed by atoms with Gasteiger partial charge in [-0.3, -0.25) is 0 Å². The molecule has 0 unspecified atom stereocenters. The summed E-state index contributed by atoms with van der Waals surface area (Å²) in [6.07, 6.45) is 0. The van der Waals surface area contributed by atoms with Crippen molar-refractivity contribution in [3.05, 3.63) is 199 Å². The van der Waals surface area contributed by atoms with E-state index in [0.29, 0.717) is 11.8 Å². The minimum Gasteiger partial charge on any atom is -0.310 e. The van der Waals surface area contributed by atoms with Crippen LogP contribution in [0.1, 0.15) is 56.2 Å². The summed E-state index contributed by atoms with van der Waals surface area (Å²) in [5, 5.41) is 11.6. The second-order valence-electron chi connectivity index (χ2n) is 21.1. The topological polar surface area (TPSA) is 15.3 Å². The van der Waals surface area contributed by atoms with Crippen LogP contribution in [-0.4, -0.2) is 16.9 Å². The molecule has 4 nitrogen and oxygen atoms in total. The number of benzene rings is 9. The summed E-state index contributed by atoms with van der Waals surface area (Å²) < 4.78 is 5.11. The average molecular weight is 909 g/mol. The number of aromatic nitrogens is 2. The normalized spacial score (nSPS) is 12.6. The Hall–Kier alpha value is -7.60. The van der Waals surface area contributed by atoms with Gasteiger partial charge >= 0.3 is 0 Å². The summed E-state index contributed by atoms with van der Waals surface area (Å²) in [7, 11) is -1.51. The van der Waals surface area contributed by atoms with Crippen molar-refractivity contribution in [3.8, 4) is 0 Å². The second kappa shape index (κ2) is 15.2. The molecule has 0 saturated heterocycles. The van der Waals surface area contributed by atoms with Crippen LogP contribution in [0.5, 0.6) is 0 Å². The lowest BCUT2D eigenvalue weighted by atomic mass is 10.0. The van der Waals surface area contributed by atoms with E-state index < -0.39 is 8.07 Å². The van der Waals surface area contributed by atoms with Crippen molar-refractivity contribution in [2.24, 2.45) is 0 Å². The van der Waals surface area contributed by atoms with E-state index in [9.17, 15) is 0 Å². The summed E-state index contributed by atoms with van der Waals surface area (Å²) in [6, 6.07) is 69.4. The van der Waals surface area contributed by atoms with Gasteiger partial charge in [-0.1, -0.05) is 155 Å². The molecule has 5 heteroatoms. The van der Waals surface area contributed by atoms with E-state index in [4.69, 9.17) is 0 Å². The zero-order valence-electron chi connectivity index (χ0n) is 40.8. The van der Waals surface area contributed by atoms with E-state index in [0.717, 1.165) is 17.1 Å². The maximum Gasteiger partial charge on any atom is 0.0775 e. The number of fused-ring (bicyclic) bond motifs is 12. The van der Waals surface area contributed by atoms with Crippen LogP contribution in [-0.2, 0) is 0 Å². The molecule has 0 bridgehead atoms. The molecule has 0 amide bonds. The third kappa shape index (κ3) is 6.19. The van der Waals surface area contributed by atoms with Gasteiger partial charge in [0.25, 0.3) is 0 Å². The largest absolute Gasteiger partial charge is 0.310 e. The third-order valence-electron chi connectivity index (χ3n) is 15.2. The Kier molecular flexibility index (Phi) is 9.16. The molecular weight excluding hydrogens is 853 g/mol. The zero-order chi connectivity index (χ0) is 47.0. The molecule has 0 spiro atoms. The molecule has 0 N–H and O–H groups in total. The van der Waals surface area contributed by atoms with Crippen molar-refractivity contribution in [1.29, 1.82) is 0 Å². The SMILES string of the molecule is Cc1ccc(N(c2ccc(C(C)C)cc2)c2ccc3c4cc5c(cc4n4c6ccccc6c2c34)c2ccc(N(c3ccc(C(C)C)cc3)c3ccc([Si](C)(C)C)cc3)c3c4ccccc4n5c23)cc1. The lowest BCUT2D eigenvalue weighted by molar-refractivity contribution is 0.866. The average Bonchev–Trinajstić information content (AvgIpc) is 4.08. The summed E-state index contributed by atoms with van der Waals surface area (Å²) >= 11 is 0. The van der Waals surface area contributed by atoms with Crippen molar-refractivity contribution in [1.82, 2.24) is 8.80 Å². The molecule has 0 atom stereocenters. The highest BCUT2D eigenvalue weighted by molar-refractivity contribution is 6.88.